The standard InChI is InChI=1S/C21H26N4O3/c26-19-12-11-17(13-5-6-13)23-25(19)15-9-7-14(8-10-15)22-21(27)20-16-3-1-2-4-18(16)24-28-20/h11-15H,1-10H2,(H,22,27). The molecule has 0 atom stereocenters. The van der Waals surface area contributed by atoms with Gasteiger partial charge in [-0.2, -0.15) is 5.10 Å². The van der Waals surface area contributed by atoms with Crippen LogP contribution in [0.25, 0.3) is 0 Å². The summed E-state index contributed by atoms with van der Waals surface area (Å²) in [7, 11) is 0. The van der Waals surface area contributed by atoms with E-state index in [1.54, 1.807) is 10.7 Å². The molecule has 148 valence electrons. The first-order valence-corrected chi connectivity index (χ1v) is 10.6. The van der Waals surface area contributed by atoms with Gasteiger partial charge in [-0.1, -0.05) is 5.16 Å². The molecule has 28 heavy (non-hydrogen) atoms. The van der Waals surface area contributed by atoms with Gasteiger partial charge in [0.15, 0.2) is 0 Å². The molecule has 2 fully saturated rings. The smallest absolute Gasteiger partial charge is 0.290 e. The molecule has 2 aromatic rings. The van der Waals surface area contributed by atoms with Gasteiger partial charge in [-0.15, -0.1) is 0 Å². The highest BCUT2D eigenvalue weighted by Crippen LogP contribution is 2.38. The van der Waals surface area contributed by atoms with E-state index >= 15 is 0 Å². The third kappa shape index (κ3) is 3.38. The Morgan fingerprint density at radius 1 is 1.07 bits per heavy atom. The maximum Gasteiger partial charge on any atom is 0.290 e. The maximum atomic E-state index is 12.7. The van der Waals surface area contributed by atoms with Crippen molar-refractivity contribution in [1.29, 1.82) is 0 Å². The molecule has 0 aromatic carbocycles. The van der Waals surface area contributed by atoms with Crippen LogP contribution in [0.5, 0.6) is 0 Å². The quantitative estimate of drug-likeness (QED) is 0.878. The molecule has 7 heteroatoms. The van der Waals surface area contributed by atoms with Gasteiger partial charge in [0.25, 0.3) is 11.5 Å². The van der Waals surface area contributed by atoms with Gasteiger partial charge >= 0.3 is 0 Å². The van der Waals surface area contributed by atoms with E-state index in [2.05, 4.69) is 15.6 Å². The van der Waals surface area contributed by atoms with E-state index in [-0.39, 0.29) is 23.6 Å². The molecular formula is C21H26N4O3. The second kappa shape index (κ2) is 7.18. The zero-order valence-corrected chi connectivity index (χ0v) is 16.0. The number of nitrogens with one attached hydrogen (secondary N) is 1. The van der Waals surface area contributed by atoms with Gasteiger partial charge < -0.3 is 9.84 Å². The van der Waals surface area contributed by atoms with Gasteiger partial charge in [-0.25, -0.2) is 4.68 Å². The lowest BCUT2D eigenvalue weighted by Crippen LogP contribution is -2.39. The van der Waals surface area contributed by atoms with Crippen LogP contribution in [-0.4, -0.2) is 26.9 Å². The van der Waals surface area contributed by atoms with Crippen LogP contribution >= 0.6 is 0 Å². The Morgan fingerprint density at radius 3 is 2.64 bits per heavy atom. The van der Waals surface area contributed by atoms with E-state index in [4.69, 9.17) is 4.52 Å². The fraction of sp³-hybridized carbons (Fsp3) is 0.619. The first kappa shape index (κ1) is 17.6. The number of carbonyl (C=O) groups is 1. The Kier molecular flexibility index (Phi) is 4.53. The van der Waals surface area contributed by atoms with Gasteiger partial charge in [0.1, 0.15) is 0 Å². The van der Waals surface area contributed by atoms with Gasteiger partial charge in [-0.3, -0.25) is 9.59 Å². The van der Waals surface area contributed by atoms with Gasteiger partial charge in [0, 0.05) is 23.6 Å². The predicted molar refractivity (Wildman–Crippen MR) is 102 cm³/mol. The average Bonchev–Trinajstić information content (AvgIpc) is 3.47. The lowest BCUT2D eigenvalue weighted by molar-refractivity contribution is 0.0882. The summed E-state index contributed by atoms with van der Waals surface area (Å²) < 4.78 is 7.03. The van der Waals surface area contributed by atoms with Crippen LogP contribution < -0.4 is 10.9 Å². The fourth-order valence-electron chi connectivity index (χ4n) is 4.58. The third-order valence-electron chi connectivity index (χ3n) is 6.39. The number of nitrogens with zero attached hydrogens (tertiary/aromatic N) is 3. The Balaban J connectivity index is 1.22. The van der Waals surface area contributed by atoms with Crippen molar-refractivity contribution < 1.29 is 9.32 Å². The Morgan fingerprint density at radius 2 is 1.86 bits per heavy atom. The minimum atomic E-state index is -0.148. The summed E-state index contributed by atoms with van der Waals surface area (Å²) in [4.78, 5) is 24.9. The number of hydrogen-bond acceptors (Lipinski definition) is 5. The molecule has 5 rings (SSSR count). The van der Waals surface area contributed by atoms with Crippen LogP contribution in [0.1, 0.15) is 90.8 Å². The monoisotopic (exact) mass is 382 g/mol. The summed E-state index contributed by atoms with van der Waals surface area (Å²) in [6, 6.07) is 3.76. The molecule has 0 spiro atoms. The third-order valence-corrected chi connectivity index (χ3v) is 6.39. The first-order valence-electron chi connectivity index (χ1n) is 10.6. The van der Waals surface area contributed by atoms with Crippen molar-refractivity contribution >= 4 is 5.91 Å². The zero-order chi connectivity index (χ0) is 19.1. The van der Waals surface area contributed by atoms with E-state index in [1.165, 1.54) is 12.8 Å². The van der Waals surface area contributed by atoms with Crippen molar-refractivity contribution in [3.05, 3.63) is 45.2 Å². The lowest BCUT2D eigenvalue weighted by Gasteiger charge is -2.29. The van der Waals surface area contributed by atoms with Crippen molar-refractivity contribution in [3.63, 3.8) is 0 Å². The largest absolute Gasteiger partial charge is 0.350 e. The van der Waals surface area contributed by atoms with Crippen molar-refractivity contribution in [2.75, 3.05) is 0 Å². The van der Waals surface area contributed by atoms with Crippen LogP contribution in [0.2, 0.25) is 0 Å². The molecule has 2 aromatic heterocycles. The first-order chi connectivity index (χ1) is 13.7. The van der Waals surface area contributed by atoms with Crippen molar-refractivity contribution in [2.24, 2.45) is 0 Å². The van der Waals surface area contributed by atoms with Crippen molar-refractivity contribution in [3.8, 4) is 0 Å². The highest BCUT2D eigenvalue weighted by Gasteiger charge is 2.30. The Labute approximate surface area is 163 Å². The van der Waals surface area contributed by atoms with E-state index in [1.807, 2.05) is 6.07 Å². The number of fused-ring (bicyclic) bond motifs is 1. The fourth-order valence-corrected chi connectivity index (χ4v) is 4.58. The molecule has 1 amide bonds. The molecule has 0 bridgehead atoms. The molecule has 0 unspecified atom stereocenters. The van der Waals surface area contributed by atoms with Gasteiger partial charge in [0.2, 0.25) is 5.76 Å². The second-order valence-electron chi connectivity index (χ2n) is 8.44. The summed E-state index contributed by atoms with van der Waals surface area (Å²) in [6.45, 7) is 0. The lowest BCUT2D eigenvalue weighted by atomic mass is 9.90. The summed E-state index contributed by atoms with van der Waals surface area (Å²) >= 11 is 0. The minimum Gasteiger partial charge on any atom is -0.350 e. The summed E-state index contributed by atoms with van der Waals surface area (Å²) in [5, 5.41) is 11.8. The highest BCUT2D eigenvalue weighted by molar-refractivity contribution is 5.93. The molecule has 2 saturated carbocycles. The Hall–Kier alpha value is -2.44. The predicted octanol–water partition coefficient (Wildman–Crippen LogP) is 2.90. The molecule has 2 heterocycles. The number of aromatic nitrogens is 3. The van der Waals surface area contributed by atoms with E-state index in [0.717, 1.165) is 68.3 Å². The molecule has 1 N–H and O–H groups in total. The van der Waals surface area contributed by atoms with Crippen LogP contribution in [0, 0.1) is 0 Å². The van der Waals surface area contributed by atoms with Crippen molar-refractivity contribution in [1.82, 2.24) is 20.3 Å². The van der Waals surface area contributed by atoms with E-state index < -0.39 is 0 Å². The molecule has 3 aliphatic carbocycles. The summed E-state index contributed by atoms with van der Waals surface area (Å²) in [5.41, 5.74) is 2.96. The SMILES string of the molecule is O=C(NC1CCC(n2nc(C3CC3)ccc2=O)CC1)c1onc2c1CCCC2. The minimum absolute atomic E-state index is 0.0230. The number of carbonyl (C=O) groups excluding carboxylic acids is 1. The Bertz CT molecular complexity index is 935. The van der Waals surface area contributed by atoms with E-state index in [9.17, 15) is 9.59 Å². The molecule has 0 radical (unpaired) electrons. The molecule has 3 aliphatic rings. The number of rotatable bonds is 4. The number of amides is 1. The zero-order valence-electron chi connectivity index (χ0n) is 16.0. The van der Waals surface area contributed by atoms with Gasteiger partial charge in [0.05, 0.1) is 17.4 Å². The number of aryl methyl sites for hydroxylation is 1. The van der Waals surface area contributed by atoms with Crippen LogP contribution in [0.15, 0.2) is 21.5 Å². The number of hydrogen-bond donors (Lipinski definition) is 1. The molecular weight excluding hydrogens is 356 g/mol. The topological polar surface area (TPSA) is 90.0 Å². The van der Waals surface area contributed by atoms with Crippen molar-refractivity contribution in [2.45, 2.75) is 82.2 Å². The van der Waals surface area contributed by atoms with E-state index in [0.29, 0.717) is 11.7 Å². The summed E-state index contributed by atoms with van der Waals surface area (Å²) in [6.07, 6.45) is 9.70. The normalized spacial score (nSPS) is 24.6. The van der Waals surface area contributed by atoms with Gasteiger partial charge in [-0.05, 0) is 70.3 Å². The highest BCUT2D eigenvalue weighted by atomic mass is 16.5. The molecule has 0 saturated heterocycles. The second-order valence-corrected chi connectivity index (χ2v) is 8.44. The average molecular weight is 382 g/mol. The van der Waals surface area contributed by atoms with Crippen LogP contribution in [0.3, 0.4) is 0 Å². The molecule has 0 aliphatic heterocycles. The molecule has 7 nitrogen and oxygen atoms in total. The summed E-state index contributed by atoms with van der Waals surface area (Å²) in [5.74, 6) is 0.785. The van der Waals surface area contributed by atoms with Crippen LogP contribution in [0.4, 0.5) is 0 Å². The maximum absolute atomic E-state index is 12.7. The van der Waals surface area contributed by atoms with Crippen LogP contribution in [-0.2, 0) is 12.8 Å².